The summed E-state index contributed by atoms with van der Waals surface area (Å²) in [6.45, 7) is 1.67. The van der Waals surface area contributed by atoms with Gasteiger partial charge < -0.3 is 9.05 Å². The zero-order valence-electron chi connectivity index (χ0n) is 13.0. The largest absolute Gasteiger partial charge is 0.587 e. The molecule has 2 aromatic carbocycles. The van der Waals surface area contributed by atoms with Crippen LogP contribution in [0, 0.1) is 0 Å². The lowest BCUT2D eigenvalue weighted by molar-refractivity contribution is -0.142. The van der Waals surface area contributed by atoms with Crippen LogP contribution in [0.3, 0.4) is 0 Å². The first-order valence-corrected chi connectivity index (χ1v) is 8.68. The van der Waals surface area contributed by atoms with Gasteiger partial charge in [0.25, 0.3) is 0 Å². The number of carbonyl (C=O) groups is 1. The van der Waals surface area contributed by atoms with E-state index in [-0.39, 0.29) is 12.4 Å². The first-order chi connectivity index (χ1) is 11.5. The Bertz CT molecular complexity index is 694. The van der Waals surface area contributed by atoms with Crippen LogP contribution < -0.4 is 10.0 Å². The Morgan fingerprint density at radius 2 is 1.71 bits per heavy atom. The summed E-state index contributed by atoms with van der Waals surface area (Å²) < 4.78 is 21.1. The van der Waals surface area contributed by atoms with Crippen LogP contribution in [-0.2, 0) is 25.3 Å². The summed E-state index contributed by atoms with van der Waals surface area (Å²) in [4.78, 5) is 26.6. The fraction of sp³-hybridized carbons (Fsp3) is 0.188. The number of nitrogens with one attached hydrogen (secondary N) is 1. The maximum atomic E-state index is 11.8. The number of hydroxylamine groups is 1. The molecule has 0 aromatic heterocycles. The minimum atomic E-state index is -4.56. The third-order valence-corrected chi connectivity index (χ3v) is 3.72. The number of phosphoric ester groups is 1. The van der Waals surface area contributed by atoms with Crippen molar-refractivity contribution in [2.45, 2.75) is 19.6 Å². The normalized spacial score (nSPS) is 14.4. The predicted molar refractivity (Wildman–Crippen MR) is 86.8 cm³/mol. The number of hydrogen-bond acceptors (Lipinski definition) is 6. The van der Waals surface area contributed by atoms with Crippen LogP contribution in [0.5, 0.6) is 5.75 Å². The van der Waals surface area contributed by atoms with Gasteiger partial charge in [0.15, 0.2) is 0 Å². The average Bonchev–Trinajstić information content (AvgIpc) is 2.55. The fourth-order valence-corrected chi connectivity index (χ4v) is 2.51. The Balaban J connectivity index is 1.79. The molecule has 0 saturated heterocycles. The molecule has 0 spiro atoms. The average molecular weight is 351 g/mol. The van der Waals surface area contributed by atoms with Crippen molar-refractivity contribution < 1.29 is 28.1 Å². The van der Waals surface area contributed by atoms with E-state index in [0.29, 0.717) is 0 Å². The maximum absolute atomic E-state index is 11.8. The number of rotatable bonds is 8. The first-order valence-electron chi connectivity index (χ1n) is 7.18. The van der Waals surface area contributed by atoms with E-state index < -0.39 is 19.8 Å². The highest BCUT2D eigenvalue weighted by atomic mass is 31.2. The van der Waals surface area contributed by atoms with E-state index in [0.717, 1.165) is 5.56 Å². The topological polar surface area (TPSA) is 94.1 Å². The van der Waals surface area contributed by atoms with E-state index in [1.807, 2.05) is 30.3 Å². The van der Waals surface area contributed by atoms with Gasteiger partial charge in [-0.15, -0.1) is 0 Å². The van der Waals surface area contributed by atoms with Crippen LogP contribution in [0.25, 0.3) is 0 Å². The van der Waals surface area contributed by atoms with E-state index in [9.17, 15) is 14.3 Å². The third kappa shape index (κ3) is 6.14. The molecular formula is C16H18NO6P. The molecule has 0 heterocycles. The van der Waals surface area contributed by atoms with Gasteiger partial charge in [0.05, 0.1) is 6.61 Å². The molecule has 2 N–H and O–H groups in total. The number of carbonyl (C=O) groups excluding carboxylic acids is 1. The maximum Gasteiger partial charge on any atom is 0.587 e. The minimum absolute atomic E-state index is 0.122. The van der Waals surface area contributed by atoms with Crippen LogP contribution in [-0.4, -0.2) is 16.9 Å². The smallest absolute Gasteiger partial charge is 0.395 e. The van der Waals surface area contributed by atoms with Crippen molar-refractivity contribution in [2.75, 3.05) is 0 Å². The quantitative estimate of drug-likeness (QED) is 0.558. The Hall–Kier alpha value is -2.18. The van der Waals surface area contributed by atoms with Crippen LogP contribution in [0.4, 0.5) is 0 Å². The van der Waals surface area contributed by atoms with Crippen molar-refractivity contribution >= 4 is 13.8 Å². The van der Waals surface area contributed by atoms with Gasteiger partial charge in [0, 0.05) is 0 Å². The molecule has 24 heavy (non-hydrogen) atoms. The van der Waals surface area contributed by atoms with Crippen LogP contribution >= 0.6 is 7.82 Å². The molecule has 2 aromatic rings. The molecule has 2 rings (SSSR count). The van der Waals surface area contributed by atoms with E-state index >= 15 is 0 Å². The van der Waals surface area contributed by atoms with E-state index in [1.165, 1.54) is 19.1 Å². The molecule has 0 bridgehead atoms. The summed E-state index contributed by atoms with van der Waals surface area (Å²) in [6, 6.07) is 16.3. The molecule has 0 aliphatic rings. The number of benzene rings is 2. The first kappa shape index (κ1) is 18.2. The van der Waals surface area contributed by atoms with Gasteiger partial charge in [0.1, 0.15) is 11.8 Å². The molecule has 0 aliphatic carbocycles. The van der Waals surface area contributed by atoms with E-state index in [2.05, 4.69) is 10.0 Å². The minimum Gasteiger partial charge on any atom is -0.395 e. The molecule has 128 valence electrons. The molecule has 0 aliphatic heterocycles. The number of para-hydroxylation sites is 1. The lowest BCUT2D eigenvalue weighted by Gasteiger charge is -2.16. The van der Waals surface area contributed by atoms with Gasteiger partial charge in [0.2, 0.25) is 0 Å². The van der Waals surface area contributed by atoms with Crippen LogP contribution in [0.2, 0.25) is 0 Å². The van der Waals surface area contributed by atoms with Crippen molar-refractivity contribution in [3.63, 3.8) is 0 Å². The van der Waals surface area contributed by atoms with Crippen molar-refractivity contribution in [3.05, 3.63) is 66.2 Å². The molecule has 8 heteroatoms. The van der Waals surface area contributed by atoms with Crippen LogP contribution in [0.15, 0.2) is 60.7 Å². The molecular weight excluding hydrogens is 333 g/mol. The van der Waals surface area contributed by atoms with Gasteiger partial charge >= 0.3 is 13.8 Å². The van der Waals surface area contributed by atoms with Gasteiger partial charge in [-0.2, -0.15) is 5.48 Å². The van der Waals surface area contributed by atoms with Gasteiger partial charge in [-0.1, -0.05) is 48.5 Å². The van der Waals surface area contributed by atoms with E-state index in [1.54, 1.807) is 18.2 Å². The van der Waals surface area contributed by atoms with Crippen molar-refractivity contribution in [2.24, 2.45) is 0 Å². The Morgan fingerprint density at radius 1 is 1.12 bits per heavy atom. The second-order valence-corrected chi connectivity index (χ2v) is 6.20. The summed E-state index contributed by atoms with van der Waals surface area (Å²) in [5.74, 6) is -0.845. The fourth-order valence-electron chi connectivity index (χ4n) is 1.70. The van der Waals surface area contributed by atoms with Crippen molar-refractivity contribution in [1.82, 2.24) is 5.48 Å². The highest BCUT2D eigenvalue weighted by molar-refractivity contribution is 7.48. The SMILES string of the molecule is C[C@H](NOCc1ccccc1)C(=O)OP(=O)(O)Oc1ccccc1. The number of hydrogen-bond donors (Lipinski definition) is 2. The molecule has 2 atom stereocenters. The number of phosphoric acid groups is 1. The summed E-state index contributed by atoms with van der Waals surface area (Å²) in [7, 11) is -4.56. The van der Waals surface area contributed by atoms with Gasteiger partial charge in [-0.25, -0.2) is 9.36 Å². The summed E-state index contributed by atoms with van der Waals surface area (Å²) in [5, 5.41) is 0. The molecule has 0 radical (unpaired) electrons. The second kappa shape index (κ2) is 8.61. The third-order valence-electron chi connectivity index (χ3n) is 2.86. The molecule has 0 fully saturated rings. The van der Waals surface area contributed by atoms with Crippen molar-refractivity contribution in [1.29, 1.82) is 0 Å². The highest BCUT2D eigenvalue weighted by Gasteiger charge is 2.30. The zero-order valence-corrected chi connectivity index (χ0v) is 13.9. The van der Waals surface area contributed by atoms with Crippen molar-refractivity contribution in [3.8, 4) is 5.75 Å². The summed E-state index contributed by atoms with van der Waals surface area (Å²) in [6.07, 6.45) is 0. The Labute approximate surface area is 139 Å². The summed E-state index contributed by atoms with van der Waals surface area (Å²) in [5.41, 5.74) is 3.36. The molecule has 7 nitrogen and oxygen atoms in total. The molecule has 1 unspecified atom stereocenters. The molecule has 0 saturated carbocycles. The van der Waals surface area contributed by atoms with Gasteiger partial charge in [-0.05, 0) is 24.6 Å². The monoisotopic (exact) mass is 351 g/mol. The van der Waals surface area contributed by atoms with E-state index in [4.69, 9.17) is 9.36 Å². The Morgan fingerprint density at radius 3 is 2.33 bits per heavy atom. The standard InChI is InChI=1S/C16H18NO6P/c1-13(17-21-12-14-8-4-2-5-9-14)16(18)23-24(19,20)22-15-10-6-3-7-11-15/h2-11,13,17H,12H2,1H3,(H,19,20)/t13-/m0/s1. The molecule has 0 amide bonds. The predicted octanol–water partition coefficient (Wildman–Crippen LogP) is 2.82. The second-order valence-electron chi connectivity index (χ2n) is 4.90. The zero-order chi connectivity index (χ0) is 17.4. The van der Waals surface area contributed by atoms with Gasteiger partial charge in [-0.3, -0.25) is 9.73 Å². The Kier molecular flexibility index (Phi) is 6.52. The highest BCUT2D eigenvalue weighted by Crippen LogP contribution is 2.44. The summed E-state index contributed by atoms with van der Waals surface area (Å²) >= 11 is 0. The lowest BCUT2D eigenvalue weighted by Crippen LogP contribution is -2.35. The van der Waals surface area contributed by atoms with Crippen LogP contribution in [0.1, 0.15) is 12.5 Å². The lowest BCUT2D eigenvalue weighted by atomic mass is 10.2.